The first-order valence-corrected chi connectivity index (χ1v) is 12.6. The van der Waals surface area contributed by atoms with Gasteiger partial charge in [-0.05, 0) is 100 Å². The average molecular weight is 575 g/mol. The van der Waals surface area contributed by atoms with Gasteiger partial charge in [-0.3, -0.25) is 4.79 Å². The van der Waals surface area contributed by atoms with Crippen LogP contribution in [0.3, 0.4) is 0 Å². The Balaban J connectivity index is 0.000000557. The van der Waals surface area contributed by atoms with Gasteiger partial charge in [0.1, 0.15) is 17.9 Å². The van der Waals surface area contributed by atoms with Crippen LogP contribution >= 0.6 is 0 Å². The number of methoxy groups -OCH3 is 2. The fourth-order valence-corrected chi connectivity index (χ4v) is 4.29. The van der Waals surface area contributed by atoms with Crippen LogP contribution in [0.1, 0.15) is 5.69 Å². The van der Waals surface area contributed by atoms with Crippen molar-refractivity contribution in [2.75, 3.05) is 20.8 Å². The van der Waals surface area contributed by atoms with Crippen LogP contribution < -0.4 is 19.8 Å². The molecule has 0 atom stereocenters. The summed E-state index contributed by atoms with van der Waals surface area (Å²) in [5.74, 6) is 3.00. The zero-order valence-electron chi connectivity index (χ0n) is 22.2. The monoisotopic (exact) mass is 575 g/mol. The summed E-state index contributed by atoms with van der Waals surface area (Å²) in [6.45, 7) is 0.648. The Labute approximate surface area is 246 Å². The molecule has 202 valence electrons. The first-order valence-electron chi connectivity index (χ1n) is 12.6. The van der Waals surface area contributed by atoms with E-state index in [9.17, 15) is 4.79 Å². The number of hydrogen-bond acceptors (Lipinski definition) is 5. The summed E-state index contributed by atoms with van der Waals surface area (Å²) in [6.07, 6.45) is 19.7. The molecule has 0 saturated heterocycles. The van der Waals surface area contributed by atoms with E-state index in [1.165, 1.54) is 0 Å². The Morgan fingerprint density at radius 2 is 1.45 bits per heavy atom. The molecule has 0 N–H and O–H groups in total. The van der Waals surface area contributed by atoms with E-state index in [1.807, 2.05) is 119 Å². The molecule has 2 aliphatic carbocycles. The SMILES string of the molecule is COc1ccc(-c2cn3nc([C]4[CH][CH][CH][CH]4)cc3c(=O)n2CCOc2ccccc2OC)cc1.[CH]1[CH][CH][CH][CH]1.[Fe+2]. The Bertz CT molecular complexity index is 1410. The van der Waals surface area contributed by atoms with Crippen LogP contribution in [-0.4, -0.2) is 35.0 Å². The summed E-state index contributed by atoms with van der Waals surface area (Å²) in [6, 6.07) is 16.9. The van der Waals surface area contributed by atoms with Crippen molar-refractivity contribution in [1.82, 2.24) is 14.2 Å². The van der Waals surface area contributed by atoms with Gasteiger partial charge in [-0.2, -0.15) is 5.10 Å². The van der Waals surface area contributed by atoms with Crippen molar-refractivity contribution in [1.29, 1.82) is 0 Å². The van der Waals surface area contributed by atoms with Gasteiger partial charge in [0, 0.05) is 11.5 Å². The first-order chi connectivity index (χ1) is 19.2. The van der Waals surface area contributed by atoms with Gasteiger partial charge in [-0.1, -0.05) is 12.1 Å². The van der Waals surface area contributed by atoms with Crippen molar-refractivity contribution >= 4 is 5.52 Å². The molecule has 2 aromatic carbocycles. The summed E-state index contributed by atoms with van der Waals surface area (Å²) in [4.78, 5) is 13.6. The average Bonchev–Trinajstić information content (AvgIpc) is 3.78. The third-order valence-electron chi connectivity index (χ3n) is 6.28. The molecule has 0 bridgehead atoms. The van der Waals surface area contributed by atoms with Crippen LogP contribution in [0.4, 0.5) is 0 Å². The minimum atomic E-state index is -0.137. The number of fused-ring (bicyclic) bond motifs is 1. The predicted molar refractivity (Wildman–Crippen MR) is 151 cm³/mol. The quantitative estimate of drug-likeness (QED) is 0.276. The predicted octanol–water partition coefficient (Wildman–Crippen LogP) is 5.03. The normalized spacial score (nSPS) is 14.8. The summed E-state index contributed by atoms with van der Waals surface area (Å²) >= 11 is 0. The van der Waals surface area contributed by atoms with Gasteiger partial charge in [0.2, 0.25) is 0 Å². The van der Waals surface area contributed by atoms with Crippen molar-refractivity contribution < 1.29 is 31.3 Å². The maximum atomic E-state index is 13.6. The maximum Gasteiger partial charge on any atom is 2.00 e. The van der Waals surface area contributed by atoms with E-state index in [0.29, 0.717) is 30.2 Å². The molecule has 2 heterocycles. The minimum Gasteiger partial charge on any atom is -0.497 e. The molecule has 8 heteroatoms. The zero-order chi connectivity index (χ0) is 27.0. The molecule has 0 unspecified atom stereocenters. The fraction of sp³-hybridized carbons (Fsp3) is 0.125. The summed E-state index contributed by atoms with van der Waals surface area (Å²) in [5.41, 5.74) is 2.74. The van der Waals surface area contributed by atoms with Crippen LogP contribution in [-0.2, 0) is 23.6 Å². The van der Waals surface area contributed by atoms with E-state index in [4.69, 9.17) is 14.2 Å². The Kier molecular flexibility index (Phi) is 10.7. The molecule has 0 amide bonds. The smallest absolute Gasteiger partial charge is 0.497 e. The Hall–Kier alpha value is -3.22. The molecule has 4 aromatic rings. The van der Waals surface area contributed by atoms with E-state index in [-0.39, 0.29) is 22.6 Å². The summed E-state index contributed by atoms with van der Waals surface area (Å²) in [5, 5.41) is 4.66. The van der Waals surface area contributed by atoms with Gasteiger partial charge in [0.15, 0.2) is 11.5 Å². The molecule has 0 spiro atoms. The van der Waals surface area contributed by atoms with Gasteiger partial charge in [-0.25, -0.2) is 4.52 Å². The van der Waals surface area contributed by atoms with Gasteiger partial charge >= 0.3 is 17.1 Å². The fourth-order valence-electron chi connectivity index (χ4n) is 4.29. The number of aromatic nitrogens is 3. The number of benzene rings is 2. The number of hydrogen-bond donors (Lipinski definition) is 0. The molecule has 6 rings (SSSR count). The summed E-state index contributed by atoms with van der Waals surface area (Å²) in [7, 11) is 3.23. The first kappa shape index (κ1) is 29.8. The van der Waals surface area contributed by atoms with E-state index in [0.717, 1.165) is 28.6 Å². The van der Waals surface area contributed by atoms with Gasteiger partial charge in [0.05, 0.1) is 38.3 Å². The second-order valence-electron chi connectivity index (χ2n) is 8.69. The number of rotatable bonds is 8. The van der Waals surface area contributed by atoms with Crippen molar-refractivity contribution in [2.45, 2.75) is 6.54 Å². The van der Waals surface area contributed by atoms with Crippen molar-refractivity contribution in [3.63, 3.8) is 0 Å². The molecule has 0 aliphatic heterocycles. The van der Waals surface area contributed by atoms with Gasteiger partial charge < -0.3 is 18.8 Å². The second-order valence-corrected chi connectivity index (χ2v) is 8.69. The number of nitrogens with zero attached hydrogens (tertiary/aromatic N) is 3. The molecule has 40 heavy (non-hydrogen) atoms. The number of ether oxygens (including phenoxy) is 3. The van der Waals surface area contributed by atoms with Crippen molar-refractivity contribution in [3.8, 4) is 28.5 Å². The largest absolute Gasteiger partial charge is 2.00 e. The second kappa shape index (κ2) is 14.4. The molecule has 2 fully saturated rings. The van der Waals surface area contributed by atoms with Crippen LogP contribution in [0, 0.1) is 63.7 Å². The van der Waals surface area contributed by atoms with Crippen LogP contribution in [0.2, 0.25) is 0 Å². The standard InChI is InChI=1S/C27H24N3O4.C5H5.Fe/c1-32-21-13-11-20(12-14-21)24-18-30-23(17-22(28-30)19-7-3-4-8-19)27(31)29(24)15-16-34-26-10-6-5-9-25(26)33-2;1-2-4-5-3-1;/h3-14,17-18H,15-16H2,1-2H3;1-5H;/q;;+2. The number of para-hydroxylation sites is 2. The molecular weight excluding hydrogens is 546 g/mol. The molecule has 7 nitrogen and oxygen atoms in total. The topological polar surface area (TPSA) is 67.0 Å². The minimum absolute atomic E-state index is 0. The van der Waals surface area contributed by atoms with Gasteiger partial charge in [-0.15, -0.1) is 0 Å². The third kappa shape index (κ3) is 6.91. The summed E-state index contributed by atoms with van der Waals surface area (Å²) < 4.78 is 20.0. The van der Waals surface area contributed by atoms with E-state index in [2.05, 4.69) is 5.10 Å². The van der Waals surface area contributed by atoms with E-state index in [1.54, 1.807) is 23.3 Å². The molecule has 10 radical (unpaired) electrons. The van der Waals surface area contributed by atoms with E-state index >= 15 is 0 Å². The van der Waals surface area contributed by atoms with Crippen molar-refractivity contribution in [3.05, 3.63) is 141 Å². The Morgan fingerprint density at radius 3 is 2.08 bits per heavy atom. The van der Waals surface area contributed by atoms with E-state index < -0.39 is 0 Å². The zero-order valence-corrected chi connectivity index (χ0v) is 23.3. The van der Waals surface area contributed by atoms with Crippen molar-refractivity contribution in [2.24, 2.45) is 0 Å². The van der Waals surface area contributed by atoms with Crippen LogP contribution in [0.15, 0.2) is 65.6 Å². The molecule has 2 aromatic heterocycles. The van der Waals surface area contributed by atoms with Gasteiger partial charge in [0.25, 0.3) is 5.56 Å². The third-order valence-corrected chi connectivity index (χ3v) is 6.28. The molecule has 2 aliphatic rings. The molecular formula is C32H29FeN3O4+2. The Morgan fingerprint density at radius 1 is 0.800 bits per heavy atom. The van der Waals surface area contributed by atoms with Crippen LogP contribution in [0.5, 0.6) is 17.2 Å². The molecule has 2 saturated carbocycles. The maximum absolute atomic E-state index is 13.6. The van der Waals surface area contributed by atoms with Crippen LogP contribution in [0.25, 0.3) is 16.8 Å².